The fourth-order valence-electron chi connectivity index (χ4n) is 2.53. The van der Waals surface area contributed by atoms with Gasteiger partial charge in [0.15, 0.2) is 23.1 Å². The second kappa shape index (κ2) is 7.99. The van der Waals surface area contributed by atoms with Gasteiger partial charge in [-0.15, -0.1) is 0 Å². The first-order chi connectivity index (χ1) is 13.4. The van der Waals surface area contributed by atoms with Gasteiger partial charge in [-0.25, -0.2) is 8.78 Å². The first kappa shape index (κ1) is 19.2. The van der Waals surface area contributed by atoms with Crippen molar-refractivity contribution in [3.8, 4) is 17.5 Å². The van der Waals surface area contributed by atoms with Crippen LogP contribution in [-0.2, 0) is 0 Å². The smallest absolute Gasteiger partial charge is 0.322 e. The normalized spacial score (nSPS) is 10.5. The number of anilines is 1. The van der Waals surface area contributed by atoms with E-state index in [1.165, 1.54) is 31.4 Å². The second-order valence-corrected chi connectivity index (χ2v) is 5.89. The molecule has 1 aromatic heterocycles. The molecule has 0 aliphatic heterocycles. The van der Waals surface area contributed by atoms with Gasteiger partial charge >= 0.3 is 6.01 Å². The summed E-state index contributed by atoms with van der Waals surface area (Å²) in [5.41, 5.74) is 1.31. The monoisotopic (exact) mass is 385 g/mol. The van der Waals surface area contributed by atoms with Crippen molar-refractivity contribution in [2.45, 2.75) is 13.8 Å². The zero-order valence-corrected chi connectivity index (χ0v) is 15.4. The summed E-state index contributed by atoms with van der Waals surface area (Å²) in [6.45, 7) is 3.29. The van der Waals surface area contributed by atoms with Crippen LogP contribution in [-0.4, -0.2) is 23.0 Å². The highest BCUT2D eigenvalue weighted by Crippen LogP contribution is 2.26. The molecule has 28 heavy (non-hydrogen) atoms. The van der Waals surface area contributed by atoms with Crippen molar-refractivity contribution in [2.75, 3.05) is 12.4 Å². The van der Waals surface area contributed by atoms with E-state index in [4.69, 9.17) is 9.47 Å². The van der Waals surface area contributed by atoms with Gasteiger partial charge in [0.1, 0.15) is 0 Å². The van der Waals surface area contributed by atoms with Crippen LogP contribution in [0.1, 0.15) is 21.7 Å². The Balaban J connectivity index is 1.82. The fraction of sp³-hybridized carbons (Fsp3) is 0.150. The lowest BCUT2D eigenvalue weighted by Crippen LogP contribution is -2.15. The number of rotatable bonds is 5. The number of hydrogen-bond donors (Lipinski definition) is 1. The summed E-state index contributed by atoms with van der Waals surface area (Å²) in [7, 11) is 1.34. The molecular formula is C20H17F2N3O3. The number of para-hydroxylation sites is 1. The average Bonchev–Trinajstić information content (AvgIpc) is 2.66. The fourth-order valence-corrected chi connectivity index (χ4v) is 2.53. The number of amides is 1. The molecule has 144 valence electrons. The highest BCUT2D eigenvalue weighted by Gasteiger charge is 2.16. The van der Waals surface area contributed by atoms with Crippen LogP contribution in [0.4, 0.5) is 14.5 Å². The minimum absolute atomic E-state index is 0.00760. The van der Waals surface area contributed by atoms with Crippen molar-refractivity contribution in [1.29, 1.82) is 0 Å². The molecule has 0 radical (unpaired) electrons. The molecule has 3 rings (SSSR count). The summed E-state index contributed by atoms with van der Waals surface area (Å²) >= 11 is 0. The van der Waals surface area contributed by atoms with Gasteiger partial charge in [0, 0.05) is 5.56 Å². The molecule has 0 bridgehead atoms. The maximum atomic E-state index is 13.8. The standard InChI is InChI=1S/C20H17F2N3O3/c1-11-18(25-19(26)13-8-9-16(27-3)15(22)10-13)12(2)24-20(23-11)28-17-7-5-4-6-14(17)21/h4-10H,1-3H3,(H,25,26). The van der Waals surface area contributed by atoms with Crippen LogP contribution >= 0.6 is 0 Å². The largest absolute Gasteiger partial charge is 0.494 e. The van der Waals surface area contributed by atoms with Crippen LogP contribution in [0.25, 0.3) is 0 Å². The summed E-state index contributed by atoms with van der Waals surface area (Å²) < 4.78 is 37.8. The third-order valence-corrected chi connectivity index (χ3v) is 3.94. The lowest BCUT2D eigenvalue weighted by molar-refractivity contribution is 0.102. The Morgan fingerprint density at radius 3 is 2.25 bits per heavy atom. The summed E-state index contributed by atoms with van der Waals surface area (Å²) in [5.74, 6) is -1.68. The molecule has 0 unspecified atom stereocenters. The molecule has 8 heteroatoms. The van der Waals surface area contributed by atoms with Gasteiger partial charge in [-0.05, 0) is 44.2 Å². The number of carbonyl (C=O) groups is 1. The van der Waals surface area contributed by atoms with E-state index in [1.54, 1.807) is 26.0 Å². The zero-order chi connectivity index (χ0) is 20.3. The Labute approximate surface area is 160 Å². The van der Waals surface area contributed by atoms with Gasteiger partial charge < -0.3 is 14.8 Å². The van der Waals surface area contributed by atoms with Crippen LogP contribution in [0.2, 0.25) is 0 Å². The quantitative estimate of drug-likeness (QED) is 0.704. The Bertz CT molecular complexity index is 1020. The SMILES string of the molecule is COc1ccc(C(=O)Nc2c(C)nc(Oc3ccccc3F)nc2C)cc1F. The molecule has 2 aromatic carbocycles. The Hall–Kier alpha value is -3.55. The average molecular weight is 385 g/mol. The van der Waals surface area contributed by atoms with Crippen LogP contribution in [0, 0.1) is 25.5 Å². The molecule has 0 saturated carbocycles. The van der Waals surface area contributed by atoms with E-state index in [2.05, 4.69) is 15.3 Å². The van der Waals surface area contributed by atoms with Crippen molar-refractivity contribution in [2.24, 2.45) is 0 Å². The maximum Gasteiger partial charge on any atom is 0.322 e. The Morgan fingerprint density at radius 1 is 0.964 bits per heavy atom. The first-order valence-electron chi connectivity index (χ1n) is 8.31. The number of aryl methyl sites for hydroxylation is 2. The lowest BCUT2D eigenvalue weighted by Gasteiger charge is -2.13. The highest BCUT2D eigenvalue weighted by atomic mass is 19.1. The highest BCUT2D eigenvalue weighted by molar-refractivity contribution is 6.04. The van der Waals surface area contributed by atoms with Crippen molar-refractivity contribution < 1.29 is 23.0 Å². The number of benzene rings is 2. The van der Waals surface area contributed by atoms with Crippen molar-refractivity contribution in [3.63, 3.8) is 0 Å². The van der Waals surface area contributed by atoms with E-state index in [9.17, 15) is 13.6 Å². The molecular weight excluding hydrogens is 368 g/mol. The summed E-state index contributed by atoms with van der Waals surface area (Å²) in [5, 5.41) is 2.66. The molecule has 0 saturated heterocycles. The first-order valence-corrected chi connectivity index (χ1v) is 8.31. The Kier molecular flexibility index (Phi) is 5.49. The summed E-state index contributed by atoms with van der Waals surface area (Å²) in [4.78, 5) is 20.7. The molecule has 1 heterocycles. The lowest BCUT2D eigenvalue weighted by atomic mass is 10.2. The van der Waals surface area contributed by atoms with Gasteiger partial charge in [0.25, 0.3) is 5.91 Å². The number of halogens is 2. The van der Waals surface area contributed by atoms with Crippen LogP contribution in [0.3, 0.4) is 0 Å². The van der Waals surface area contributed by atoms with E-state index in [0.717, 1.165) is 6.07 Å². The summed E-state index contributed by atoms with van der Waals surface area (Å²) in [6.07, 6.45) is 0. The minimum Gasteiger partial charge on any atom is -0.494 e. The molecule has 3 aromatic rings. The van der Waals surface area contributed by atoms with Crippen molar-refractivity contribution in [3.05, 3.63) is 71.1 Å². The van der Waals surface area contributed by atoms with Crippen LogP contribution in [0.5, 0.6) is 17.5 Å². The summed E-state index contributed by atoms with van der Waals surface area (Å²) in [6, 6.07) is 9.73. The van der Waals surface area contributed by atoms with E-state index in [1.807, 2.05) is 0 Å². The van der Waals surface area contributed by atoms with E-state index in [-0.39, 0.29) is 23.1 Å². The van der Waals surface area contributed by atoms with Gasteiger partial charge in [0.05, 0.1) is 24.2 Å². The number of hydrogen-bond acceptors (Lipinski definition) is 5. The number of nitrogens with zero attached hydrogens (tertiary/aromatic N) is 2. The topological polar surface area (TPSA) is 73.3 Å². The molecule has 1 N–H and O–H groups in total. The molecule has 0 spiro atoms. The van der Waals surface area contributed by atoms with Crippen LogP contribution < -0.4 is 14.8 Å². The van der Waals surface area contributed by atoms with Crippen LogP contribution in [0.15, 0.2) is 42.5 Å². The number of aromatic nitrogens is 2. The number of carbonyl (C=O) groups excluding carboxylic acids is 1. The van der Waals surface area contributed by atoms with E-state index in [0.29, 0.717) is 17.1 Å². The number of nitrogens with one attached hydrogen (secondary N) is 1. The zero-order valence-electron chi connectivity index (χ0n) is 15.4. The van der Waals surface area contributed by atoms with E-state index >= 15 is 0 Å². The number of methoxy groups -OCH3 is 1. The van der Waals surface area contributed by atoms with Gasteiger partial charge in [-0.3, -0.25) is 4.79 Å². The molecule has 6 nitrogen and oxygen atoms in total. The molecule has 0 aliphatic rings. The molecule has 1 amide bonds. The molecule has 0 atom stereocenters. The predicted molar refractivity (Wildman–Crippen MR) is 98.9 cm³/mol. The third-order valence-electron chi connectivity index (χ3n) is 3.94. The Morgan fingerprint density at radius 2 is 1.64 bits per heavy atom. The van der Waals surface area contributed by atoms with Crippen molar-refractivity contribution in [1.82, 2.24) is 9.97 Å². The third kappa shape index (κ3) is 4.06. The van der Waals surface area contributed by atoms with Gasteiger partial charge in [0.2, 0.25) is 0 Å². The van der Waals surface area contributed by atoms with Gasteiger partial charge in [-0.1, -0.05) is 12.1 Å². The van der Waals surface area contributed by atoms with Crippen molar-refractivity contribution >= 4 is 11.6 Å². The van der Waals surface area contributed by atoms with E-state index < -0.39 is 17.5 Å². The second-order valence-electron chi connectivity index (χ2n) is 5.89. The maximum absolute atomic E-state index is 13.8. The minimum atomic E-state index is -0.645. The number of ether oxygens (including phenoxy) is 2. The van der Waals surface area contributed by atoms with Gasteiger partial charge in [-0.2, -0.15) is 9.97 Å². The molecule has 0 aliphatic carbocycles. The molecule has 0 fully saturated rings. The predicted octanol–water partition coefficient (Wildman–Crippen LogP) is 4.42.